The number of aliphatic hydroxyl groups is 1. The van der Waals surface area contributed by atoms with Crippen LogP contribution in [0.3, 0.4) is 0 Å². The first-order valence-electron chi connectivity index (χ1n) is 5.98. The second kappa shape index (κ2) is 5.61. The van der Waals surface area contributed by atoms with Gasteiger partial charge in [0.25, 0.3) is 0 Å². The van der Waals surface area contributed by atoms with E-state index in [0.29, 0.717) is 6.54 Å². The molecule has 2 aromatic rings. The molecule has 96 valence electrons. The fourth-order valence-corrected chi connectivity index (χ4v) is 2.56. The number of nitrogens with zero attached hydrogens (tertiary/aromatic N) is 1. The van der Waals surface area contributed by atoms with Crippen LogP contribution in [0.25, 0.3) is 0 Å². The minimum Gasteiger partial charge on any atom is -0.384 e. The topological polar surface area (TPSA) is 45.1 Å². The van der Waals surface area contributed by atoms with Gasteiger partial charge < -0.3 is 10.4 Å². The van der Waals surface area contributed by atoms with Crippen molar-refractivity contribution in [2.45, 2.75) is 25.5 Å². The number of rotatable bonds is 5. The summed E-state index contributed by atoms with van der Waals surface area (Å²) >= 11 is 1.60. The van der Waals surface area contributed by atoms with Crippen molar-refractivity contribution in [3.63, 3.8) is 0 Å². The second-order valence-corrected chi connectivity index (χ2v) is 5.45. The third-order valence-electron chi connectivity index (χ3n) is 3.08. The number of aromatic nitrogens is 1. The molecule has 3 nitrogen and oxygen atoms in total. The van der Waals surface area contributed by atoms with E-state index in [2.05, 4.69) is 17.2 Å². The average Bonchev–Trinajstić information content (AvgIpc) is 2.92. The zero-order valence-corrected chi connectivity index (χ0v) is 11.4. The second-order valence-electron chi connectivity index (χ2n) is 4.67. The largest absolute Gasteiger partial charge is 0.384 e. The molecular weight excluding hydrogens is 244 g/mol. The molecule has 4 heteroatoms. The SMILES string of the molecule is CC(NCC(C)(O)c1ccsc1)c1cccnc1. The van der Waals surface area contributed by atoms with E-state index in [9.17, 15) is 5.11 Å². The Hall–Kier alpha value is -1.23. The molecule has 0 fully saturated rings. The van der Waals surface area contributed by atoms with Crippen molar-refractivity contribution in [2.75, 3.05) is 6.54 Å². The van der Waals surface area contributed by atoms with Crippen LogP contribution in [0.15, 0.2) is 41.4 Å². The van der Waals surface area contributed by atoms with E-state index in [-0.39, 0.29) is 6.04 Å². The van der Waals surface area contributed by atoms with Crippen LogP contribution in [0.5, 0.6) is 0 Å². The number of hydrogen-bond donors (Lipinski definition) is 2. The molecule has 0 spiro atoms. The van der Waals surface area contributed by atoms with Crippen LogP contribution < -0.4 is 5.32 Å². The van der Waals surface area contributed by atoms with E-state index in [1.165, 1.54) is 0 Å². The molecule has 2 rings (SSSR count). The smallest absolute Gasteiger partial charge is 0.100 e. The first-order valence-corrected chi connectivity index (χ1v) is 6.92. The van der Waals surface area contributed by atoms with Crippen LogP contribution in [0.1, 0.15) is 31.0 Å². The van der Waals surface area contributed by atoms with Crippen LogP contribution in [0.2, 0.25) is 0 Å². The van der Waals surface area contributed by atoms with Crippen molar-refractivity contribution in [3.8, 4) is 0 Å². The highest BCUT2D eigenvalue weighted by Crippen LogP contribution is 2.23. The van der Waals surface area contributed by atoms with Gasteiger partial charge in [-0.2, -0.15) is 11.3 Å². The Morgan fingerprint density at radius 2 is 2.33 bits per heavy atom. The van der Waals surface area contributed by atoms with Gasteiger partial charge in [-0.15, -0.1) is 0 Å². The molecule has 0 aliphatic heterocycles. The van der Waals surface area contributed by atoms with Crippen molar-refractivity contribution in [1.29, 1.82) is 0 Å². The third-order valence-corrected chi connectivity index (χ3v) is 3.76. The Bertz CT molecular complexity index is 468. The average molecular weight is 262 g/mol. The number of nitrogens with one attached hydrogen (secondary N) is 1. The molecule has 18 heavy (non-hydrogen) atoms. The molecular formula is C14H18N2OS. The Morgan fingerprint density at radius 3 is 2.94 bits per heavy atom. The lowest BCUT2D eigenvalue weighted by Gasteiger charge is -2.25. The highest BCUT2D eigenvalue weighted by atomic mass is 32.1. The summed E-state index contributed by atoms with van der Waals surface area (Å²) in [5, 5.41) is 17.7. The standard InChI is InChI=1S/C14H18N2OS/c1-11(12-4-3-6-15-8-12)16-10-14(2,17)13-5-7-18-9-13/h3-9,11,16-17H,10H2,1-2H3. The highest BCUT2D eigenvalue weighted by Gasteiger charge is 2.23. The lowest BCUT2D eigenvalue weighted by Crippen LogP contribution is -2.36. The summed E-state index contributed by atoms with van der Waals surface area (Å²) in [5.41, 5.74) is 1.24. The molecule has 0 aliphatic rings. The molecule has 0 bridgehead atoms. The minimum atomic E-state index is -0.837. The van der Waals surface area contributed by atoms with Crippen LogP contribution in [-0.2, 0) is 5.60 Å². The van der Waals surface area contributed by atoms with Gasteiger partial charge in [0.2, 0.25) is 0 Å². The van der Waals surface area contributed by atoms with Crippen molar-refractivity contribution in [1.82, 2.24) is 10.3 Å². The van der Waals surface area contributed by atoms with E-state index in [4.69, 9.17) is 0 Å². The zero-order valence-electron chi connectivity index (χ0n) is 10.6. The monoisotopic (exact) mass is 262 g/mol. The van der Waals surface area contributed by atoms with Gasteiger partial charge >= 0.3 is 0 Å². The summed E-state index contributed by atoms with van der Waals surface area (Å²) in [4.78, 5) is 4.10. The van der Waals surface area contributed by atoms with Crippen LogP contribution in [-0.4, -0.2) is 16.6 Å². The molecule has 0 radical (unpaired) electrons. The summed E-state index contributed by atoms with van der Waals surface area (Å²) in [5.74, 6) is 0. The van der Waals surface area contributed by atoms with Gasteiger partial charge in [-0.25, -0.2) is 0 Å². The molecule has 2 aromatic heterocycles. The van der Waals surface area contributed by atoms with Crippen LogP contribution >= 0.6 is 11.3 Å². The molecule has 0 saturated heterocycles. The van der Waals surface area contributed by atoms with E-state index in [1.807, 2.05) is 42.1 Å². The summed E-state index contributed by atoms with van der Waals surface area (Å²) < 4.78 is 0. The summed E-state index contributed by atoms with van der Waals surface area (Å²) in [6, 6.07) is 6.08. The quantitative estimate of drug-likeness (QED) is 0.871. The van der Waals surface area contributed by atoms with Crippen molar-refractivity contribution >= 4 is 11.3 Å². The van der Waals surface area contributed by atoms with Gasteiger partial charge in [-0.05, 0) is 47.9 Å². The van der Waals surface area contributed by atoms with Gasteiger partial charge in [0.05, 0.1) is 0 Å². The predicted octanol–water partition coefficient (Wildman–Crippen LogP) is 2.70. The summed E-state index contributed by atoms with van der Waals surface area (Å²) in [6.07, 6.45) is 3.61. The fourth-order valence-electron chi connectivity index (χ4n) is 1.77. The maximum Gasteiger partial charge on any atom is 0.100 e. The van der Waals surface area contributed by atoms with Gasteiger partial charge in [-0.1, -0.05) is 6.07 Å². The van der Waals surface area contributed by atoms with Gasteiger partial charge in [0.1, 0.15) is 5.60 Å². The Balaban J connectivity index is 1.96. The van der Waals surface area contributed by atoms with E-state index < -0.39 is 5.60 Å². The zero-order chi connectivity index (χ0) is 13.0. The van der Waals surface area contributed by atoms with Gasteiger partial charge in [0.15, 0.2) is 0 Å². The molecule has 0 saturated carbocycles. The van der Waals surface area contributed by atoms with Crippen LogP contribution in [0, 0.1) is 0 Å². The Kier molecular flexibility index (Phi) is 4.11. The molecule has 2 atom stereocenters. The molecule has 0 aromatic carbocycles. The predicted molar refractivity (Wildman–Crippen MR) is 74.5 cm³/mol. The van der Waals surface area contributed by atoms with E-state index in [1.54, 1.807) is 17.5 Å². The minimum absolute atomic E-state index is 0.170. The molecule has 0 aliphatic carbocycles. The fraction of sp³-hybridized carbons (Fsp3) is 0.357. The number of hydrogen-bond acceptors (Lipinski definition) is 4. The first kappa shape index (κ1) is 13.2. The van der Waals surface area contributed by atoms with Gasteiger partial charge in [-0.3, -0.25) is 4.98 Å². The van der Waals surface area contributed by atoms with Gasteiger partial charge in [0, 0.05) is 25.0 Å². The normalized spacial score (nSPS) is 16.2. The summed E-state index contributed by atoms with van der Waals surface area (Å²) in [7, 11) is 0. The van der Waals surface area contributed by atoms with Crippen molar-refractivity contribution < 1.29 is 5.11 Å². The summed E-state index contributed by atoms with van der Waals surface area (Å²) in [6.45, 7) is 4.42. The van der Waals surface area contributed by atoms with E-state index >= 15 is 0 Å². The Labute approximate surface area is 112 Å². The van der Waals surface area contributed by atoms with E-state index in [0.717, 1.165) is 11.1 Å². The Morgan fingerprint density at radius 1 is 1.50 bits per heavy atom. The molecule has 2 N–H and O–H groups in total. The number of pyridine rings is 1. The molecule has 0 amide bonds. The highest BCUT2D eigenvalue weighted by molar-refractivity contribution is 7.08. The number of thiophene rings is 1. The molecule has 2 unspecified atom stereocenters. The maximum absolute atomic E-state index is 10.4. The van der Waals surface area contributed by atoms with Crippen LogP contribution in [0.4, 0.5) is 0 Å². The van der Waals surface area contributed by atoms with Crippen molar-refractivity contribution in [2.24, 2.45) is 0 Å². The van der Waals surface area contributed by atoms with Crippen molar-refractivity contribution in [3.05, 3.63) is 52.5 Å². The lowest BCUT2D eigenvalue weighted by molar-refractivity contribution is 0.0548. The molecule has 2 heterocycles. The lowest BCUT2D eigenvalue weighted by atomic mass is 9.98. The third kappa shape index (κ3) is 3.16. The first-order chi connectivity index (χ1) is 8.59. The maximum atomic E-state index is 10.4.